The van der Waals surface area contributed by atoms with E-state index in [-0.39, 0.29) is 29.6 Å². The molecule has 1 fully saturated rings. The summed E-state index contributed by atoms with van der Waals surface area (Å²) in [6, 6.07) is 11.7. The second kappa shape index (κ2) is 8.88. The molecular formula is C31H35N3O3. The van der Waals surface area contributed by atoms with Crippen LogP contribution in [-0.2, 0) is 4.74 Å². The number of anilines is 1. The van der Waals surface area contributed by atoms with Crippen LogP contribution in [0.1, 0.15) is 81.2 Å². The molecule has 3 unspecified atom stereocenters. The molecule has 37 heavy (non-hydrogen) atoms. The van der Waals surface area contributed by atoms with Crippen LogP contribution in [0.25, 0.3) is 16.6 Å². The molecule has 1 aliphatic heterocycles. The molecule has 6 heteroatoms. The number of carbonyl (C=O) groups is 1. The van der Waals surface area contributed by atoms with Crippen LogP contribution in [0.15, 0.2) is 54.6 Å². The zero-order chi connectivity index (χ0) is 25.9. The van der Waals surface area contributed by atoms with Crippen LogP contribution < -0.4 is 10.1 Å². The molecule has 0 saturated heterocycles. The van der Waals surface area contributed by atoms with E-state index in [1.165, 1.54) is 12.8 Å². The fourth-order valence-electron chi connectivity index (χ4n) is 5.45. The van der Waals surface area contributed by atoms with Gasteiger partial charge in [0, 0.05) is 28.7 Å². The number of aromatic nitrogens is 2. The second-order valence-electron chi connectivity index (χ2n) is 11.7. The molecule has 1 aromatic heterocycles. The van der Waals surface area contributed by atoms with E-state index in [0.717, 1.165) is 39.4 Å². The Morgan fingerprint density at radius 3 is 2.59 bits per heavy atom. The molecule has 0 bridgehead atoms. The van der Waals surface area contributed by atoms with Crippen molar-refractivity contribution in [2.24, 2.45) is 5.92 Å². The number of rotatable bonds is 4. The molecule has 2 aliphatic carbocycles. The summed E-state index contributed by atoms with van der Waals surface area (Å²) in [5.41, 5.74) is 5.21. The topological polar surface area (TPSA) is 65.4 Å². The maximum absolute atomic E-state index is 13.5. The van der Waals surface area contributed by atoms with Crippen molar-refractivity contribution in [2.45, 2.75) is 71.1 Å². The smallest absolute Gasteiger partial charge is 0.255 e. The molecule has 2 heterocycles. The molecule has 2 aromatic carbocycles. The lowest BCUT2D eigenvalue weighted by Gasteiger charge is -2.33. The van der Waals surface area contributed by atoms with Crippen LogP contribution in [0, 0.1) is 5.92 Å². The van der Waals surface area contributed by atoms with Gasteiger partial charge < -0.3 is 19.4 Å². The number of allylic oxidation sites excluding steroid dienone is 2. The van der Waals surface area contributed by atoms with Crippen LogP contribution in [0.2, 0.25) is 0 Å². The quantitative estimate of drug-likeness (QED) is 0.426. The monoisotopic (exact) mass is 497 g/mol. The minimum absolute atomic E-state index is 0.0441. The minimum atomic E-state index is -0.276. The third-order valence-corrected chi connectivity index (χ3v) is 7.30. The Balaban J connectivity index is 1.41. The highest BCUT2D eigenvalue weighted by Crippen LogP contribution is 2.45. The van der Waals surface area contributed by atoms with Gasteiger partial charge in [-0.15, -0.1) is 0 Å². The Morgan fingerprint density at radius 2 is 1.89 bits per heavy atom. The van der Waals surface area contributed by atoms with Crippen LogP contribution >= 0.6 is 0 Å². The van der Waals surface area contributed by atoms with Gasteiger partial charge in [-0.05, 0) is 82.5 Å². The largest absolute Gasteiger partial charge is 0.488 e. The number of carbonyl (C=O) groups excluding carboxylic acids is 1. The highest BCUT2D eigenvalue weighted by molar-refractivity contribution is 6.08. The summed E-state index contributed by atoms with van der Waals surface area (Å²) in [6.45, 7) is 11.1. The Hall–Kier alpha value is -3.38. The molecule has 192 valence electrons. The van der Waals surface area contributed by atoms with E-state index in [1.807, 2.05) is 57.2 Å². The Morgan fingerprint density at radius 1 is 1.14 bits per heavy atom. The first-order chi connectivity index (χ1) is 17.7. The maximum atomic E-state index is 13.5. The summed E-state index contributed by atoms with van der Waals surface area (Å²) in [5.74, 6) is 2.48. The van der Waals surface area contributed by atoms with Gasteiger partial charge >= 0.3 is 0 Å². The molecular weight excluding hydrogens is 462 g/mol. The summed E-state index contributed by atoms with van der Waals surface area (Å²) in [6.07, 6.45) is 8.72. The lowest BCUT2D eigenvalue weighted by Crippen LogP contribution is -2.30. The van der Waals surface area contributed by atoms with Crippen molar-refractivity contribution in [3.05, 3.63) is 71.6 Å². The third kappa shape index (κ3) is 4.59. The molecule has 1 saturated carbocycles. The predicted octanol–water partition coefficient (Wildman–Crippen LogP) is 6.89. The van der Waals surface area contributed by atoms with Gasteiger partial charge in [0.1, 0.15) is 17.2 Å². The SMILES string of the molecule is CC1C=CC=C2c3cc(C(=O)Nc4ccc(OC(C)(C)C)cc4)cc4nc(C5CC5)n(c34)C(C)COC21. The number of hydrogen-bond donors (Lipinski definition) is 1. The van der Waals surface area contributed by atoms with Gasteiger partial charge in [0.25, 0.3) is 5.91 Å². The van der Waals surface area contributed by atoms with E-state index in [2.05, 4.69) is 42.0 Å². The maximum Gasteiger partial charge on any atom is 0.255 e. The van der Waals surface area contributed by atoms with E-state index in [0.29, 0.717) is 18.1 Å². The number of amides is 1. The van der Waals surface area contributed by atoms with Crippen molar-refractivity contribution in [1.82, 2.24) is 9.55 Å². The lowest BCUT2D eigenvalue weighted by atomic mass is 9.86. The number of nitrogens with zero attached hydrogens (tertiary/aromatic N) is 2. The summed E-state index contributed by atoms with van der Waals surface area (Å²) in [5, 5.41) is 3.06. The average molecular weight is 498 g/mol. The van der Waals surface area contributed by atoms with Crippen molar-refractivity contribution in [3.8, 4) is 5.75 Å². The summed E-state index contributed by atoms with van der Waals surface area (Å²) >= 11 is 0. The van der Waals surface area contributed by atoms with Gasteiger partial charge in [0.2, 0.25) is 0 Å². The first-order valence-electron chi connectivity index (χ1n) is 13.3. The summed E-state index contributed by atoms with van der Waals surface area (Å²) < 4.78 is 14.8. The van der Waals surface area contributed by atoms with Crippen molar-refractivity contribution in [1.29, 1.82) is 0 Å². The number of benzene rings is 2. The van der Waals surface area contributed by atoms with Crippen LogP contribution in [-0.4, -0.2) is 33.8 Å². The standard InChI is InChI=1S/C31H35N3O3/c1-18-7-6-8-24-25-15-21(30(35)32-22-11-13-23(14-12-22)37-31(3,4)5)16-26-27(25)34(19(2)17-36-28(18)24)29(33-26)20-9-10-20/h6-8,11-16,18-20,28H,9-10,17H2,1-5H3,(H,32,35). The number of nitrogens with one attached hydrogen (secondary N) is 1. The molecule has 3 aliphatic rings. The van der Waals surface area contributed by atoms with Gasteiger partial charge in [0.05, 0.1) is 29.8 Å². The molecule has 0 spiro atoms. The molecule has 3 atom stereocenters. The predicted molar refractivity (Wildman–Crippen MR) is 147 cm³/mol. The molecule has 6 nitrogen and oxygen atoms in total. The Labute approximate surface area is 218 Å². The first kappa shape index (κ1) is 24.0. The van der Waals surface area contributed by atoms with E-state index in [4.69, 9.17) is 14.5 Å². The van der Waals surface area contributed by atoms with Crippen LogP contribution in [0.3, 0.4) is 0 Å². The van der Waals surface area contributed by atoms with Gasteiger partial charge in [-0.2, -0.15) is 0 Å². The van der Waals surface area contributed by atoms with Crippen LogP contribution in [0.5, 0.6) is 5.75 Å². The first-order valence-corrected chi connectivity index (χ1v) is 13.3. The van der Waals surface area contributed by atoms with Crippen molar-refractivity contribution >= 4 is 28.2 Å². The molecule has 1 amide bonds. The minimum Gasteiger partial charge on any atom is -0.488 e. The zero-order valence-electron chi connectivity index (χ0n) is 22.2. The van der Waals surface area contributed by atoms with Gasteiger partial charge in [0.15, 0.2) is 0 Å². The Bertz CT molecular complexity index is 1420. The lowest BCUT2D eigenvalue weighted by molar-refractivity contribution is 0.0480. The fourth-order valence-corrected chi connectivity index (χ4v) is 5.45. The number of hydrogen-bond acceptors (Lipinski definition) is 4. The zero-order valence-corrected chi connectivity index (χ0v) is 22.2. The van der Waals surface area contributed by atoms with E-state index < -0.39 is 0 Å². The molecule has 0 radical (unpaired) electrons. The molecule has 3 aromatic rings. The van der Waals surface area contributed by atoms with E-state index in [1.54, 1.807) is 0 Å². The second-order valence-corrected chi connectivity index (χ2v) is 11.7. The van der Waals surface area contributed by atoms with Crippen molar-refractivity contribution < 1.29 is 14.3 Å². The fraction of sp³-hybridized carbons (Fsp3) is 0.419. The molecule has 1 N–H and O–H groups in total. The summed E-state index contributed by atoms with van der Waals surface area (Å²) in [4.78, 5) is 18.6. The normalized spacial score (nSPS) is 23.2. The van der Waals surface area contributed by atoms with Crippen molar-refractivity contribution in [2.75, 3.05) is 11.9 Å². The summed E-state index contributed by atoms with van der Waals surface area (Å²) in [7, 11) is 0. The van der Waals surface area contributed by atoms with Crippen molar-refractivity contribution in [3.63, 3.8) is 0 Å². The number of imidazole rings is 1. The average Bonchev–Trinajstić information content (AvgIpc) is 3.61. The van der Waals surface area contributed by atoms with Gasteiger partial charge in [-0.1, -0.05) is 25.2 Å². The van der Waals surface area contributed by atoms with Gasteiger partial charge in [-0.3, -0.25) is 4.79 Å². The van der Waals surface area contributed by atoms with Crippen LogP contribution in [0.4, 0.5) is 5.69 Å². The highest BCUT2D eigenvalue weighted by atomic mass is 16.5. The number of ether oxygens (including phenoxy) is 2. The van der Waals surface area contributed by atoms with Gasteiger partial charge in [-0.25, -0.2) is 4.98 Å². The highest BCUT2D eigenvalue weighted by Gasteiger charge is 2.36. The number of fused-ring (bicyclic) bond motifs is 2. The molecule has 6 rings (SSSR count). The van der Waals surface area contributed by atoms with E-state index >= 15 is 0 Å². The Kier molecular flexibility index (Phi) is 5.75. The third-order valence-electron chi connectivity index (χ3n) is 7.30. The van der Waals surface area contributed by atoms with E-state index in [9.17, 15) is 4.79 Å².